The fourth-order valence-electron chi connectivity index (χ4n) is 4.30. The normalized spacial score (nSPS) is 14.2. The second-order valence-corrected chi connectivity index (χ2v) is 9.79. The molecule has 1 unspecified atom stereocenters. The van der Waals surface area contributed by atoms with Crippen LogP contribution < -0.4 is 0 Å². The van der Waals surface area contributed by atoms with Crippen molar-refractivity contribution in [2.24, 2.45) is 5.41 Å². The third-order valence-electron chi connectivity index (χ3n) is 7.07. The van der Waals surface area contributed by atoms with Gasteiger partial charge < -0.3 is 20.4 Å². The van der Waals surface area contributed by atoms with E-state index >= 15 is 0 Å². The zero-order valence-electron chi connectivity index (χ0n) is 20.3. The predicted molar refractivity (Wildman–Crippen MR) is 128 cm³/mol. The van der Waals surface area contributed by atoms with E-state index in [0.717, 1.165) is 12.8 Å². The minimum Gasteiger partial charge on any atom is -0.395 e. The standard InChI is InChI=1S/C26H54O4/c1-3-4-5-6-7-8-9-10-11-12-13-14-15-16-17-18-19-20-21-25(2,30)26(22-27,23-28)24-29/h27-30H,3-24H2,1-2H3. The van der Waals surface area contributed by atoms with Crippen LogP contribution in [0.4, 0.5) is 0 Å². The van der Waals surface area contributed by atoms with Gasteiger partial charge in [-0.1, -0.05) is 122 Å². The van der Waals surface area contributed by atoms with E-state index in [9.17, 15) is 20.4 Å². The van der Waals surface area contributed by atoms with E-state index in [2.05, 4.69) is 6.92 Å². The summed E-state index contributed by atoms with van der Waals surface area (Å²) in [6.07, 6.45) is 24.3. The molecular weight excluding hydrogens is 376 g/mol. The lowest BCUT2D eigenvalue weighted by Gasteiger charge is -2.41. The Bertz CT molecular complexity index is 345. The molecule has 0 aliphatic carbocycles. The van der Waals surface area contributed by atoms with Crippen LogP contribution in [-0.2, 0) is 0 Å². The molecule has 0 saturated carbocycles. The molecule has 0 saturated heterocycles. The van der Waals surface area contributed by atoms with Gasteiger partial charge in [0.05, 0.1) is 30.8 Å². The second-order valence-electron chi connectivity index (χ2n) is 9.79. The van der Waals surface area contributed by atoms with Crippen molar-refractivity contribution < 1.29 is 20.4 Å². The molecule has 0 rings (SSSR count). The molecule has 30 heavy (non-hydrogen) atoms. The summed E-state index contributed by atoms with van der Waals surface area (Å²) in [5.41, 5.74) is -2.47. The Balaban J connectivity index is 3.43. The molecule has 0 amide bonds. The van der Waals surface area contributed by atoms with E-state index in [1.807, 2.05) is 0 Å². The summed E-state index contributed by atoms with van der Waals surface area (Å²) in [7, 11) is 0. The van der Waals surface area contributed by atoms with Crippen LogP contribution in [0.5, 0.6) is 0 Å². The van der Waals surface area contributed by atoms with Gasteiger partial charge in [-0.05, 0) is 13.3 Å². The van der Waals surface area contributed by atoms with Crippen LogP contribution in [0.25, 0.3) is 0 Å². The van der Waals surface area contributed by atoms with Crippen molar-refractivity contribution in [1.82, 2.24) is 0 Å². The predicted octanol–water partition coefficient (Wildman–Crippen LogP) is 6.13. The van der Waals surface area contributed by atoms with Gasteiger partial charge in [-0.2, -0.15) is 0 Å². The van der Waals surface area contributed by atoms with Gasteiger partial charge in [0.1, 0.15) is 0 Å². The average Bonchev–Trinajstić information content (AvgIpc) is 2.74. The van der Waals surface area contributed by atoms with Gasteiger partial charge in [0.25, 0.3) is 0 Å². The summed E-state index contributed by atoms with van der Waals surface area (Å²) in [6, 6.07) is 0. The number of unbranched alkanes of at least 4 members (excludes halogenated alkanes) is 17. The van der Waals surface area contributed by atoms with Crippen molar-refractivity contribution in [2.75, 3.05) is 19.8 Å². The Morgan fingerprint density at radius 1 is 0.467 bits per heavy atom. The fraction of sp³-hybridized carbons (Fsp3) is 1.00. The van der Waals surface area contributed by atoms with Gasteiger partial charge >= 0.3 is 0 Å². The highest BCUT2D eigenvalue weighted by atomic mass is 16.3. The molecule has 0 heterocycles. The SMILES string of the molecule is CCCCCCCCCCCCCCCCCCCCC(C)(O)C(CO)(CO)CO. The maximum atomic E-state index is 10.6. The lowest BCUT2D eigenvalue weighted by molar-refractivity contribution is -0.147. The number of hydrogen-bond acceptors (Lipinski definition) is 4. The van der Waals surface area contributed by atoms with Gasteiger partial charge in [-0.15, -0.1) is 0 Å². The highest BCUT2D eigenvalue weighted by Gasteiger charge is 2.45. The van der Waals surface area contributed by atoms with E-state index in [1.165, 1.54) is 103 Å². The first-order chi connectivity index (χ1) is 14.5. The quantitative estimate of drug-likeness (QED) is 0.147. The van der Waals surface area contributed by atoms with Crippen molar-refractivity contribution in [3.63, 3.8) is 0 Å². The van der Waals surface area contributed by atoms with Crippen molar-refractivity contribution in [3.05, 3.63) is 0 Å². The largest absolute Gasteiger partial charge is 0.395 e. The molecule has 0 aliphatic rings. The van der Waals surface area contributed by atoms with Crippen LogP contribution >= 0.6 is 0 Å². The van der Waals surface area contributed by atoms with E-state index in [0.29, 0.717) is 6.42 Å². The lowest BCUT2D eigenvalue weighted by atomic mass is 9.72. The smallest absolute Gasteiger partial charge is 0.0741 e. The van der Waals surface area contributed by atoms with E-state index in [1.54, 1.807) is 6.92 Å². The number of rotatable bonds is 23. The zero-order chi connectivity index (χ0) is 22.6. The molecule has 0 aliphatic heterocycles. The molecule has 0 aromatic carbocycles. The lowest BCUT2D eigenvalue weighted by Crippen LogP contribution is -2.53. The van der Waals surface area contributed by atoms with Crippen LogP contribution in [0.3, 0.4) is 0 Å². The summed E-state index contributed by atoms with van der Waals surface area (Å²) in [6.45, 7) is 2.66. The van der Waals surface area contributed by atoms with Crippen LogP contribution in [0.2, 0.25) is 0 Å². The van der Waals surface area contributed by atoms with Crippen molar-refractivity contribution in [1.29, 1.82) is 0 Å². The summed E-state index contributed by atoms with van der Waals surface area (Å²) >= 11 is 0. The molecule has 0 fully saturated rings. The summed E-state index contributed by atoms with van der Waals surface area (Å²) in [4.78, 5) is 0. The van der Waals surface area contributed by atoms with Crippen LogP contribution in [0, 0.1) is 5.41 Å². The molecule has 4 nitrogen and oxygen atoms in total. The highest BCUT2D eigenvalue weighted by Crippen LogP contribution is 2.34. The molecule has 4 N–H and O–H groups in total. The minimum absolute atomic E-state index is 0.411. The van der Waals surface area contributed by atoms with Gasteiger partial charge in [-0.25, -0.2) is 0 Å². The van der Waals surface area contributed by atoms with Crippen LogP contribution in [-0.4, -0.2) is 45.8 Å². The fourth-order valence-corrected chi connectivity index (χ4v) is 4.30. The molecule has 1 atom stereocenters. The van der Waals surface area contributed by atoms with Gasteiger partial charge in [0.2, 0.25) is 0 Å². The third kappa shape index (κ3) is 13.3. The molecule has 0 aromatic rings. The van der Waals surface area contributed by atoms with E-state index in [-0.39, 0.29) is 0 Å². The Hall–Kier alpha value is -0.160. The minimum atomic E-state index is -1.25. The Morgan fingerprint density at radius 2 is 0.733 bits per heavy atom. The zero-order valence-corrected chi connectivity index (χ0v) is 20.3. The third-order valence-corrected chi connectivity index (χ3v) is 7.07. The monoisotopic (exact) mass is 430 g/mol. The summed E-state index contributed by atoms with van der Waals surface area (Å²) in [5, 5.41) is 39.0. The Labute approximate surface area is 187 Å². The molecule has 0 bridgehead atoms. The Morgan fingerprint density at radius 3 is 1.00 bits per heavy atom. The maximum Gasteiger partial charge on any atom is 0.0741 e. The molecule has 0 spiro atoms. The van der Waals surface area contributed by atoms with E-state index < -0.39 is 30.8 Å². The van der Waals surface area contributed by atoms with Gasteiger partial charge in [0, 0.05) is 0 Å². The van der Waals surface area contributed by atoms with Gasteiger partial charge in [0.15, 0.2) is 0 Å². The molecule has 0 radical (unpaired) electrons. The van der Waals surface area contributed by atoms with E-state index in [4.69, 9.17) is 0 Å². The number of hydrogen-bond donors (Lipinski definition) is 4. The summed E-state index contributed by atoms with van der Waals surface area (Å²) in [5.74, 6) is 0. The van der Waals surface area contributed by atoms with Crippen LogP contribution in [0.15, 0.2) is 0 Å². The first kappa shape index (κ1) is 29.8. The Kier molecular flexibility index (Phi) is 19.4. The molecule has 182 valence electrons. The average molecular weight is 431 g/mol. The summed E-state index contributed by atoms with van der Waals surface area (Å²) < 4.78 is 0. The highest BCUT2D eigenvalue weighted by molar-refractivity contribution is 4.95. The van der Waals surface area contributed by atoms with Crippen molar-refractivity contribution in [2.45, 2.75) is 141 Å². The molecule has 0 aromatic heterocycles. The first-order valence-corrected chi connectivity index (χ1v) is 13.0. The molecule has 4 heteroatoms. The second kappa shape index (κ2) is 19.5. The van der Waals surface area contributed by atoms with Gasteiger partial charge in [-0.3, -0.25) is 0 Å². The number of aliphatic hydroxyl groups excluding tert-OH is 3. The van der Waals surface area contributed by atoms with Crippen LogP contribution in [0.1, 0.15) is 136 Å². The maximum absolute atomic E-state index is 10.6. The topological polar surface area (TPSA) is 80.9 Å². The first-order valence-electron chi connectivity index (χ1n) is 13.0. The van der Waals surface area contributed by atoms with Crippen molar-refractivity contribution in [3.8, 4) is 0 Å². The molecular formula is C26H54O4. The number of aliphatic hydroxyl groups is 4. The van der Waals surface area contributed by atoms with Crippen molar-refractivity contribution >= 4 is 0 Å².